The van der Waals surface area contributed by atoms with Gasteiger partial charge in [0.25, 0.3) is 0 Å². The highest BCUT2D eigenvalue weighted by atomic mass is 16.6. The van der Waals surface area contributed by atoms with Gasteiger partial charge < -0.3 is 40.7 Å². The van der Waals surface area contributed by atoms with Gasteiger partial charge in [0.2, 0.25) is 5.79 Å². The number of aliphatic hydroxyl groups excluding tert-OH is 3. The molecule has 0 saturated carbocycles. The van der Waals surface area contributed by atoms with Crippen LogP contribution < -0.4 is 5.73 Å². The first kappa shape index (κ1) is 25.2. The Labute approximate surface area is 180 Å². The van der Waals surface area contributed by atoms with Crippen LogP contribution >= 0.6 is 0 Å². The largest absolute Gasteiger partial charge is 0.508 e. The predicted octanol–water partition coefficient (Wildman–Crippen LogP) is -1.02. The van der Waals surface area contributed by atoms with Crippen molar-refractivity contribution >= 4 is 11.8 Å². The maximum absolute atomic E-state index is 12.1. The van der Waals surface area contributed by atoms with Crippen LogP contribution in [0.1, 0.15) is 32.3 Å². The fraction of sp³-hybridized carbons (Fsp3) is 0.619. The standard InChI is InChI=1S/C21H31NO9/c1-11(23)19-17(27)9-21(29,12(2)24)31-18(19)8-15(26)10-30-20(28)16(22)7-13-3-5-14(25)6-4-13/h3-6,11,15-19,23,25-27,29H,7-10,22H2,1-2H3/t11-,15+,16-,17?,18?,19?,21?/m1/s1. The monoisotopic (exact) mass is 441 g/mol. The van der Waals surface area contributed by atoms with Crippen molar-refractivity contribution in [1.82, 2.24) is 0 Å². The van der Waals surface area contributed by atoms with Crippen molar-refractivity contribution in [2.24, 2.45) is 11.7 Å². The van der Waals surface area contributed by atoms with Crippen molar-refractivity contribution in [2.45, 2.75) is 69.4 Å². The predicted molar refractivity (Wildman–Crippen MR) is 108 cm³/mol. The van der Waals surface area contributed by atoms with Gasteiger partial charge in [-0.05, 0) is 31.0 Å². The van der Waals surface area contributed by atoms with E-state index in [0.29, 0.717) is 0 Å². The number of ketones is 1. The number of hydrogen-bond acceptors (Lipinski definition) is 10. The molecule has 2 rings (SSSR count). The van der Waals surface area contributed by atoms with Gasteiger partial charge in [-0.25, -0.2) is 0 Å². The molecule has 1 aromatic rings. The summed E-state index contributed by atoms with van der Waals surface area (Å²) < 4.78 is 10.5. The topological polar surface area (TPSA) is 180 Å². The number of carbonyl (C=O) groups is 2. The number of Topliss-reactive ketones (excluding diaryl/α,β-unsaturated/α-hetero) is 1. The van der Waals surface area contributed by atoms with E-state index in [1.54, 1.807) is 12.1 Å². The maximum atomic E-state index is 12.1. The summed E-state index contributed by atoms with van der Waals surface area (Å²) in [5.41, 5.74) is 6.54. The van der Waals surface area contributed by atoms with Crippen molar-refractivity contribution in [2.75, 3.05) is 6.61 Å². The quantitative estimate of drug-likeness (QED) is 0.260. The summed E-state index contributed by atoms with van der Waals surface area (Å²) in [5.74, 6) is -4.45. The molecule has 1 heterocycles. The van der Waals surface area contributed by atoms with Crippen molar-refractivity contribution in [3.63, 3.8) is 0 Å². The van der Waals surface area contributed by atoms with Gasteiger partial charge >= 0.3 is 5.97 Å². The van der Waals surface area contributed by atoms with E-state index in [1.165, 1.54) is 19.1 Å². The molecule has 4 unspecified atom stereocenters. The summed E-state index contributed by atoms with van der Waals surface area (Å²) in [5, 5.41) is 50.2. The number of phenols is 1. The molecule has 0 aromatic heterocycles. The Bertz CT molecular complexity index is 754. The minimum Gasteiger partial charge on any atom is -0.508 e. The summed E-state index contributed by atoms with van der Waals surface area (Å²) >= 11 is 0. The molecule has 10 heteroatoms. The molecule has 31 heavy (non-hydrogen) atoms. The Morgan fingerprint density at radius 3 is 2.45 bits per heavy atom. The number of esters is 1. The van der Waals surface area contributed by atoms with Crippen LogP contribution in [0.2, 0.25) is 0 Å². The summed E-state index contributed by atoms with van der Waals surface area (Å²) in [6, 6.07) is 5.19. The van der Waals surface area contributed by atoms with Crippen LogP contribution in [0.15, 0.2) is 24.3 Å². The highest BCUT2D eigenvalue weighted by Crippen LogP contribution is 2.36. The third kappa shape index (κ3) is 6.70. The van der Waals surface area contributed by atoms with Crippen LogP contribution in [0, 0.1) is 5.92 Å². The second-order valence-corrected chi connectivity index (χ2v) is 8.08. The summed E-state index contributed by atoms with van der Waals surface area (Å²) in [4.78, 5) is 23.8. The molecule has 0 bridgehead atoms. The molecule has 1 fully saturated rings. The average molecular weight is 441 g/mol. The lowest BCUT2D eigenvalue weighted by Gasteiger charge is -2.44. The van der Waals surface area contributed by atoms with Crippen LogP contribution in [-0.4, -0.2) is 80.1 Å². The van der Waals surface area contributed by atoms with E-state index in [0.717, 1.165) is 12.5 Å². The van der Waals surface area contributed by atoms with Crippen molar-refractivity contribution < 1.29 is 44.6 Å². The molecular formula is C21H31NO9. The molecular weight excluding hydrogens is 410 g/mol. The third-order valence-electron chi connectivity index (χ3n) is 5.43. The minimum atomic E-state index is -2.22. The molecule has 7 N–H and O–H groups in total. The fourth-order valence-corrected chi connectivity index (χ4v) is 3.70. The Kier molecular flexibility index (Phi) is 8.52. The van der Waals surface area contributed by atoms with E-state index in [9.17, 15) is 35.1 Å². The van der Waals surface area contributed by atoms with Gasteiger partial charge in [0, 0.05) is 25.7 Å². The van der Waals surface area contributed by atoms with Crippen LogP contribution in [0.4, 0.5) is 0 Å². The van der Waals surface area contributed by atoms with E-state index < -0.39 is 66.9 Å². The van der Waals surface area contributed by atoms with E-state index in [2.05, 4.69) is 0 Å². The first-order chi connectivity index (χ1) is 14.4. The van der Waals surface area contributed by atoms with Gasteiger partial charge in [-0.2, -0.15) is 0 Å². The third-order valence-corrected chi connectivity index (χ3v) is 5.43. The van der Waals surface area contributed by atoms with Crippen molar-refractivity contribution in [1.29, 1.82) is 0 Å². The van der Waals surface area contributed by atoms with Gasteiger partial charge in [0.05, 0.1) is 24.4 Å². The number of benzene rings is 1. The molecule has 174 valence electrons. The highest BCUT2D eigenvalue weighted by molar-refractivity contribution is 5.83. The molecule has 10 nitrogen and oxygen atoms in total. The van der Waals surface area contributed by atoms with E-state index >= 15 is 0 Å². The summed E-state index contributed by atoms with van der Waals surface area (Å²) in [7, 11) is 0. The van der Waals surface area contributed by atoms with Crippen LogP contribution in [0.25, 0.3) is 0 Å². The second-order valence-electron chi connectivity index (χ2n) is 8.08. The smallest absolute Gasteiger partial charge is 0.323 e. The molecule has 1 aromatic carbocycles. The fourth-order valence-electron chi connectivity index (χ4n) is 3.70. The van der Waals surface area contributed by atoms with Gasteiger partial charge in [-0.15, -0.1) is 0 Å². The number of aliphatic hydroxyl groups is 4. The van der Waals surface area contributed by atoms with Gasteiger partial charge in [-0.3, -0.25) is 9.59 Å². The lowest BCUT2D eigenvalue weighted by molar-refractivity contribution is -0.285. The molecule has 1 saturated heterocycles. The van der Waals surface area contributed by atoms with Crippen LogP contribution in [0.3, 0.4) is 0 Å². The molecule has 0 spiro atoms. The Morgan fingerprint density at radius 2 is 1.90 bits per heavy atom. The highest BCUT2D eigenvalue weighted by Gasteiger charge is 2.50. The Hall–Kier alpha value is -2.08. The van der Waals surface area contributed by atoms with Gasteiger partial charge in [-0.1, -0.05) is 12.1 Å². The van der Waals surface area contributed by atoms with Crippen molar-refractivity contribution in [3.05, 3.63) is 29.8 Å². The molecule has 1 aliphatic heterocycles. The van der Waals surface area contributed by atoms with E-state index in [-0.39, 0.29) is 18.6 Å². The molecule has 0 aliphatic carbocycles. The zero-order valence-corrected chi connectivity index (χ0v) is 17.5. The molecule has 1 aliphatic rings. The zero-order valence-electron chi connectivity index (χ0n) is 17.5. The SMILES string of the molecule is CC(=O)C1(O)CC(O)C([C@@H](C)O)C(C[C@H](O)COC(=O)[C@H](N)Cc2ccc(O)cc2)O1. The number of aromatic hydroxyl groups is 1. The van der Waals surface area contributed by atoms with Crippen molar-refractivity contribution in [3.8, 4) is 5.75 Å². The second kappa shape index (κ2) is 10.5. The number of nitrogens with two attached hydrogens (primary N) is 1. The first-order valence-electron chi connectivity index (χ1n) is 10.1. The molecule has 0 radical (unpaired) electrons. The van der Waals surface area contributed by atoms with E-state index in [1.807, 2.05) is 0 Å². The minimum absolute atomic E-state index is 0.0882. The molecule has 7 atom stereocenters. The number of phenolic OH excluding ortho intramolecular Hbond substituents is 1. The number of hydrogen-bond donors (Lipinski definition) is 6. The average Bonchev–Trinajstić information content (AvgIpc) is 2.66. The lowest BCUT2D eigenvalue weighted by Crippen LogP contribution is -2.58. The summed E-state index contributed by atoms with van der Waals surface area (Å²) in [6.45, 7) is 2.11. The number of rotatable bonds is 9. The Morgan fingerprint density at radius 1 is 1.29 bits per heavy atom. The number of ether oxygens (including phenoxy) is 2. The number of carbonyl (C=O) groups excluding carboxylic acids is 2. The zero-order chi connectivity index (χ0) is 23.3. The summed E-state index contributed by atoms with van der Waals surface area (Å²) in [6.07, 6.45) is -5.02. The maximum Gasteiger partial charge on any atom is 0.323 e. The molecule has 0 amide bonds. The van der Waals surface area contributed by atoms with Crippen LogP contribution in [-0.2, 0) is 25.5 Å². The van der Waals surface area contributed by atoms with Crippen LogP contribution in [0.5, 0.6) is 5.75 Å². The normalized spacial score (nSPS) is 29.1. The Balaban J connectivity index is 1.92. The van der Waals surface area contributed by atoms with Gasteiger partial charge in [0.15, 0.2) is 5.78 Å². The lowest BCUT2D eigenvalue weighted by atomic mass is 9.81. The van der Waals surface area contributed by atoms with Gasteiger partial charge in [0.1, 0.15) is 18.4 Å². The first-order valence-corrected chi connectivity index (χ1v) is 10.1. The van der Waals surface area contributed by atoms with E-state index in [4.69, 9.17) is 15.2 Å².